The number of esters is 1. The first-order valence-corrected chi connectivity index (χ1v) is 6.43. The number of carbonyl (C=O) groups is 1. The molecule has 0 spiro atoms. The first kappa shape index (κ1) is 14.6. The van der Waals surface area contributed by atoms with Gasteiger partial charge in [-0.15, -0.1) is 0 Å². The zero-order valence-corrected chi connectivity index (χ0v) is 11.3. The van der Waals surface area contributed by atoms with Crippen molar-refractivity contribution in [2.24, 2.45) is 0 Å². The highest BCUT2D eigenvalue weighted by atomic mass is 16.5. The van der Waals surface area contributed by atoms with Crippen molar-refractivity contribution in [1.82, 2.24) is 10.3 Å². The van der Waals surface area contributed by atoms with E-state index in [0.717, 1.165) is 25.0 Å². The van der Waals surface area contributed by atoms with Crippen LogP contribution in [0.3, 0.4) is 0 Å². The lowest BCUT2D eigenvalue weighted by molar-refractivity contribution is -0.143. The second kappa shape index (κ2) is 7.82. The number of hydrogen-bond acceptors (Lipinski definition) is 4. The predicted molar refractivity (Wildman–Crippen MR) is 71.1 cm³/mol. The Morgan fingerprint density at radius 1 is 1.50 bits per heavy atom. The molecule has 4 heteroatoms. The Labute approximate surface area is 109 Å². The summed E-state index contributed by atoms with van der Waals surface area (Å²) in [6, 6.07) is 5.55. The Balaban J connectivity index is 2.62. The van der Waals surface area contributed by atoms with E-state index < -0.39 is 0 Å². The van der Waals surface area contributed by atoms with Crippen molar-refractivity contribution in [2.45, 2.75) is 45.2 Å². The van der Waals surface area contributed by atoms with Gasteiger partial charge in [-0.1, -0.05) is 25.8 Å². The fourth-order valence-electron chi connectivity index (χ4n) is 1.84. The van der Waals surface area contributed by atoms with E-state index >= 15 is 0 Å². The molecule has 4 nitrogen and oxygen atoms in total. The number of rotatable bonds is 7. The number of aromatic nitrogens is 1. The molecule has 0 amide bonds. The zero-order chi connectivity index (χ0) is 13.4. The standard InChI is InChI=1S/C14H22N2O2/c1-4-5-8-13(14(17)18-3)16-11(2)12-9-6-7-10-15-12/h6-7,9-11,13,16H,4-5,8H2,1-3H3. The number of nitrogens with one attached hydrogen (secondary N) is 1. The molecule has 100 valence electrons. The minimum atomic E-state index is -0.257. The van der Waals surface area contributed by atoms with Crippen LogP contribution in [0.1, 0.15) is 44.8 Å². The van der Waals surface area contributed by atoms with E-state index in [4.69, 9.17) is 4.74 Å². The first-order chi connectivity index (χ1) is 8.69. The fourth-order valence-corrected chi connectivity index (χ4v) is 1.84. The van der Waals surface area contributed by atoms with E-state index in [0.29, 0.717) is 0 Å². The quantitative estimate of drug-likeness (QED) is 0.755. The lowest BCUT2D eigenvalue weighted by Crippen LogP contribution is -2.39. The van der Waals surface area contributed by atoms with Gasteiger partial charge in [0.2, 0.25) is 0 Å². The molecular weight excluding hydrogens is 228 g/mol. The SMILES string of the molecule is CCCCC(NC(C)c1ccccn1)C(=O)OC. The van der Waals surface area contributed by atoms with Crippen molar-refractivity contribution >= 4 is 5.97 Å². The molecule has 2 atom stereocenters. The van der Waals surface area contributed by atoms with Gasteiger partial charge < -0.3 is 4.74 Å². The molecule has 2 unspecified atom stereocenters. The van der Waals surface area contributed by atoms with Crippen molar-refractivity contribution in [1.29, 1.82) is 0 Å². The van der Waals surface area contributed by atoms with Crippen LogP contribution >= 0.6 is 0 Å². The second-order valence-electron chi connectivity index (χ2n) is 4.36. The highest BCUT2D eigenvalue weighted by molar-refractivity contribution is 5.75. The monoisotopic (exact) mass is 250 g/mol. The molecule has 0 aliphatic rings. The Morgan fingerprint density at radius 3 is 2.83 bits per heavy atom. The van der Waals surface area contributed by atoms with Gasteiger partial charge in [0.05, 0.1) is 12.8 Å². The van der Waals surface area contributed by atoms with E-state index in [1.807, 2.05) is 25.1 Å². The Morgan fingerprint density at radius 2 is 2.28 bits per heavy atom. The maximum absolute atomic E-state index is 11.7. The predicted octanol–water partition coefficient (Wildman–Crippen LogP) is 2.46. The van der Waals surface area contributed by atoms with Crippen molar-refractivity contribution < 1.29 is 9.53 Å². The van der Waals surface area contributed by atoms with Gasteiger partial charge in [0.1, 0.15) is 6.04 Å². The summed E-state index contributed by atoms with van der Waals surface area (Å²) in [4.78, 5) is 16.0. The summed E-state index contributed by atoms with van der Waals surface area (Å²) < 4.78 is 4.82. The van der Waals surface area contributed by atoms with Crippen LogP contribution in [-0.2, 0) is 9.53 Å². The summed E-state index contributed by atoms with van der Waals surface area (Å²) in [7, 11) is 1.42. The fraction of sp³-hybridized carbons (Fsp3) is 0.571. The van der Waals surface area contributed by atoms with Crippen LogP contribution in [0.4, 0.5) is 0 Å². The van der Waals surface area contributed by atoms with E-state index in [9.17, 15) is 4.79 Å². The molecule has 1 aromatic heterocycles. The summed E-state index contributed by atoms with van der Waals surface area (Å²) in [5, 5.41) is 3.28. The van der Waals surface area contributed by atoms with E-state index in [2.05, 4.69) is 17.2 Å². The second-order valence-corrected chi connectivity index (χ2v) is 4.36. The topological polar surface area (TPSA) is 51.2 Å². The van der Waals surface area contributed by atoms with Crippen molar-refractivity contribution in [3.63, 3.8) is 0 Å². The summed E-state index contributed by atoms with van der Waals surface area (Å²) >= 11 is 0. The molecule has 0 aliphatic carbocycles. The zero-order valence-electron chi connectivity index (χ0n) is 11.3. The van der Waals surface area contributed by atoms with Crippen LogP contribution in [0.5, 0.6) is 0 Å². The lowest BCUT2D eigenvalue weighted by atomic mass is 10.1. The number of carbonyl (C=O) groups excluding carboxylic acids is 1. The molecule has 1 heterocycles. The molecule has 1 rings (SSSR count). The molecule has 0 bridgehead atoms. The maximum Gasteiger partial charge on any atom is 0.322 e. The van der Waals surface area contributed by atoms with Crippen LogP contribution < -0.4 is 5.32 Å². The Bertz CT molecular complexity index is 354. The number of methoxy groups -OCH3 is 1. The number of unbranched alkanes of at least 4 members (excludes halogenated alkanes) is 1. The van der Waals surface area contributed by atoms with Crippen molar-refractivity contribution in [3.8, 4) is 0 Å². The molecule has 0 radical (unpaired) electrons. The summed E-state index contributed by atoms with van der Waals surface area (Å²) in [6.45, 7) is 4.11. The summed E-state index contributed by atoms with van der Waals surface area (Å²) in [6.07, 6.45) is 4.61. The van der Waals surface area contributed by atoms with Gasteiger partial charge >= 0.3 is 5.97 Å². The van der Waals surface area contributed by atoms with Gasteiger partial charge in [0.15, 0.2) is 0 Å². The number of nitrogens with zero attached hydrogens (tertiary/aromatic N) is 1. The van der Waals surface area contributed by atoms with Gasteiger partial charge in [0.25, 0.3) is 0 Å². The minimum Gasteiger partial charge on any atom is -0.468 e. The molecule has 18 heavy (non-hydrogen) atoms. The van der Waals surface area contributed by atoms with Crippen molar-refractivity contribution in [2.75, 3.05) is 7.11 Å². The third-order valence-corrected chi connectivity index (χ3v) is 2.91. The molecular formula is C14H22N2O2. The number of hydrogen-bond donors (Lipinski definition) is 1. The first-order valence-electron chi connectivity index (χ1n) is 6.43. The Kier molecular flexibility index (Phi) is 6.36. The van der Waals surface area contributed by atoms with Crippen LogP contribution in [-0.4, -0.2) is 24.1 Å². The van der Waals surface area contributed by atoms with E-state index in [-0.39, 0.29) is 18.1 Å². The number of pyridine rings is 1. The van der Waals surface area contributed by atoms with Gasteiger partial charge in [-0.25, -0.2) is 0 Å². The molecule has 0 aliphatic heterocycles. The highest BCUT2D eigenvalue weighted by Gasteiger charge is 2.21. The van der Waals surface area contributed by atoms with Gasteiger partial charge in [0, 0.05) is 12.2 Å². The third kappa shape index (κ3) is 4.45. The lowest BCUT2D eigenvalue weighted by Gasteiger charge is -2.21. The normalized spacial score (nSPS) is 13.9. The van der Waals surface area contributed by atoms with Gasteiger partial charge in [-0.2, -0.15) is 0 Å². The average molecular weight is 250 g/mol. The molecule has 0 aromatic carbocycles. The van der Waals surface area contributed by atoms with Gasteiger partial charge in [-0.05, 0) is 25.5 Å². The highest BCUT2D eigenvalue weighted by Crippen LogP contribution is 2.12. The van der Waals surface area contributed by atoms with E-state index in [1.165, 1.54) is 7.11 Å². The van der Waals surface area contributed by atoms with Crippen LogP contribution in [0.2, 0.25) is 0 Å². The minimum absolute atomic E-state index is 0.0344. The number of ether oxygens (including phenoxy) is 1. The average Bonchev–Trinajstić information content (AvgIpc) is 2.43. The van der Waals surface area contributed by atoms with Gasteiger partial charge in [-0.3, -0.25) is 15.1 Å². The third-order valence-electron chi connectivity index (χ3n) is 2.91. The van der Waals surface area contributed by atoms with Crippen molar-refractivity contribution in [3.05, 3.63) is 30.1 Å². The van der Waals surface area contributed by atoms with Crippen LogP contribution in [0.25, 0.3) is 0 Å². The molecule has 1 aromatic rings. The molecule has 0 saturated heterocycles. The molecule has 0 saturated carbocycles. The van der Waals surface area contributed by atoms with Crippen LogP contribution in [0, 0.1) is 0 Å². The smallest absolute Gasteiger partial charge is 0.322 e. The summed E-state index contributed by atoms with van der Waals surface area (Å²) in [5.74, 6) is -0.203. The molecule has 1 N–H and O–H groups in total. The molecule has 0 fully saturated rings. The largest absolute Gasteiger partial charge is 0.468 e. The van der Waals surface area contributed by atoms with E-state index in [1.54, 1.807) is 6.20 Å². The maximum atomic E-state index is 11.7. The van der Waals surface area contributed by atoms with Crippen LogP contribution in [0.15, 0.2) is 24.4 Å². The summed E-state index contributed by atoms with van der Waals surface area (Å²) in [5.41, 5.74) is 0.933. The Hall–Kier alpha value is -1.42.